The maximum Gasteiger partial charge on any atom is 1.00 e. The standard InChI is InChI=1S/C21H39NO5.Na/c1-2-3-4-5-6-7-8-9-10-11-12-13-14-15-19(23)22-18(21(26)27)16-17-20(24)25;/h18H,2-17H2,1H3,(H,22,23)(H,24,25)(H,26,27);/q;+1/p-1/t18-;/m0./s1. The van der Waals surface area contributed by atoms with Gasteiger partial charge >= 0.3 is 35.5 Å². The van der Waals surface area contributed by atoms with Gasteiger partial charge in [0.1, 0.15) is 6.04 Å². The molecular weight excluding hydrogens is 369 g/mol. The topological polar surface area (TPSA) is 107 Å². The van der Waals surface area contributed by atoms with Crippen molar-refractivity contribution in [1.82, 2.24) is 5.32 Å². The van der Waals surface area contributed by atoms with Gasteiger partial charge in [0.2, 0.25) is 5.91 Å². The van der Waals surface area contributed by atoms with Crippen molar-refractivity contribution in [2.75, 3.05) is 0 Å². The third kappa shape index (κ3) is 20.2. The van der Waals surface area contributed by atoms with Gasteiger partial charge in [-0.25, -0.2) is 4.79 Å². The predicted molar refractivity (Wildman–Crippen MR) is 104 cm³/mol. The summed E-state index contributed by atoms with van der Waals surface area (Å²) in [4.78, 5) is 33.2. The van der Waals surface area contributed by atoms with Gasteiger partial charge in [-0.2, -0.15) is 0 Å². The van der Waals surface area contributed by atoms with Crippen molar-refractivity contribution in [2.45, 2.75) is 116 Å². The number of hydrogen-bond acceptors (Lipinski definition) is 4. The zero-order chi connectivity index (χ0) is 20.3. The largest absolute Gasteiger partial charge is 1.00 e. The molecule has 0 aliphatic heterocycles. The maximum atomic E-state index is 11.8. The fourth-order valence-electron chi connectivity index (χ4n) is 3.09. The van der Waals surface area contributed by atoms with Crippen LogP contribution in [-0.2, 0) is 14.4 Å². The van der Waals surface area contributed by atoms with E-state index < -0.39 is 18.0 Å². The Morgan fingerprint density at radius 3 is 1.61 bits per heavy atom. The van der Waals surface area contributed by atoms with E-state index in [0.717, 1.165) is 19.3 Å². The van der Waals surface area contributed by atoms with E-state index in [2.05, 4.69) is 12.2 Å². The van der Waals surface area contributed by atoms with Gasteiger partial charge in [-0.15, -0.1) is 0 Å². The van der Waals surface area contributed by atoms with Crippen LogP contribution in [-0.4, -0.2) is 29.0 Å². The Hall–Kier alpha value is -0.590. The Kier molecular flexibility index (Phi) is 22.3. The van der Waals surface area contributed by atoms with Gasteiger partial charge in [0.15, 0.2) is 0 Å². The fraction of sp³-hybridized carbons (Fsp3) is 0.857. The minimum absolute atomic E-state index is 0. The number of nitrogens with one attached hydrogen (secondary N) is 1. The van der Waals surface area contributed by atoms with Gasteiger partial charge < -0.3 is 20.3 Å². The zero-order valence-corrected chi connectivity index (χ0v) is 20.0. The Labute approximate surface area is 192 Å². The van der Waals surface area contributed by atoms with E-state index >= 15 is 0 Å². The maximum absolute atomic E-state index is 11.8. The molecule has 158 valence electrons. The number of aliphatic carboxylic acids is 2. The number of unbranched alkanes of at least 4 members (excludes halogenated alkanes) is 12. The Bertz CT molecular complexity index is 418. The van der Waals surface area contributed by atoms with Gasteiger partial charge in [0, 0.05) is 12.4 Å². The molecule has 0 unspecified atom stereocenters. The normalized spacial score (nSPS) is 11.5. The van der Waals surface area contributed by atoms with Crippen LogP contribution < -0.4 is 40.0 Å². The molecule has 0 aromatic rings. The van der Waals surface area contributed by atoms with Gasteiger partial charge in [-0.05, 0) is 19.3 Å². The number of carboxylic acid groups (broad SMARTS) is 2. The first-order valence-corrected chi connectivity index (χ1v) is 10.7. The van der Waals surface area contributed by atoms with Crippen LogP contribution in [0.3, 0.4) is 0 Å². The molecule has 0 aromatic carbocycles. The second kappa shape index (κ2) is 21.1. The number of rotatable bonds is 19. The molecule has 0 aliphatic rings. The van der Waals surface area contributed by atoms with Crippen molar-refractivity contribution in [2.24, 2.45) is 0 Å². The van der Waals surface area contributed by atoms with Crippen LogP contribution in [0.5, 0.6) is 0 Å². The van der Waals surface area contributed by atoms with E-state index in [1.54, 1.807) is 0 Å². The Morgan fingerprint density at radius 1 is 0.786 bits per heavy atom. The van der Waals surface area contributed by atoms with E-state index in [-0.39, 0.29) is 54.7 Å². The quantitative estimate of drug-likeness (QED) is 0.241. The summed E-state index contributed by atoms with van der Waals surface area (Å²) in [6.45, 7) is 2.24. The van der Waals surface area contributed by atoms with Crippen LogP contribution in [0.15, 0.2) is 0 Å². The predicted octanol–water partition coefficient (Wildman–Crippen LogP) is 0.571. The summed E-state index contributed by atoms with van der Waals surface area (Å²) in [5, 5.41) is 21.8. The van der Waals surface area contributed by atoms with Gasteiger partial charge in [-0.3, -0.25) is 4.79 Å². The smallest absolute Gasteiger partial charge is 0.550 e. The van der Waals surface area contributed by atoms with E-state index in [9.17, 15) is 19.5 Å². The summed E-state index contributed by atoms with van der Waals surface area (Å²) >= 11 is 0. The zero-order valence-electron chi connectivity index (χ0n) is 18.0. The Morgan fingerprint density at radius 2 is 1.21 bits per heavy atom. The molecule has 1 atom stereocenters. The summed E-state index contributed by atoms with van der Waals surface area (Å²) in [6, 6.07) is -1.16. The van der Waals surface area contributed by atoms with Crippen LogP contribution in [0, 0.1) is 0 Å². The molecule has 1 amide bonds. The molecule has 0 saturated carbocycles. The molecule has 2 N–H and O–H groups in total. The number of carbonyl (C=O) groups is 3. The van der Waals surface area contributed by atoms with Gasteiger partial charge in [0.05, 0.1) is 0 Å². The van der Waals surface area contributed by atoms with E-state index in [0.29, 0.717) is 0 Å². The first-order valence-electron chi connectivity index (χ1n) is 10.7. The molecule has 0 saturated heterocycles. The molecule has 0 aromatic heterocycles. The molecule has 0 bridgehead atoms. The van der Waals surface area contributed by atoms with E-state index in [4.69, 9.17) is 5.11 Å². The molecule has 0 aliphatic carbocycles. The molecular formula is C21H38NNaO5. The second-order valence-electron chi connectivity index (χ2n) is 7.36. The summed E-state index contributed by atoms with van der Waals surface area (Å²) in [5.74, 6) is -2.86. The van der Waals surface area contributed by atoms with E-state index in [1.807, 2.05) is 0 Å². The Balaban J connectivity index is 0. The molecule has 7 heteroatoms. The molecule has 28 heavy (non-hydrogen) atoms. The first kappa shape index (κ1) is 29.6. The molecule has 0 radical (unpaired) electrons. The molecule has 6 nitrogen and oxygen atoms in total. The number of carbonyl (C=O) groups excluding carboxylic acids is 2. The number of carboxylic acids is 2. The monoisotopic (exact) mass is 407 g/mol. The van der Waals surface area contributed by atoms with Crippen LogP contribution in [0.2, 0.25) is 0 Å². The average Bonchev–Trinajstić information content (AvgIpc) is 2.62. The van der Waals surface area contributed by atoms with E-state index in [1.165, 1.54) is 64.2 Å². The summed E-state index contributed by atoms with van der Waals surface area (Å²) < 4.78 is 0. The van der Waals surface area contributed by atoms with Crippen molar-refractivity contribution in [1.29, 1.82) is 0 Å². The summed E-state index contributed by atoms with van der Waals surface area (Å²) in [5.41, 5.74) is 0. The van der Waals surface area contributed by atoms with Crippen molar-refractivity contribution in [3.05, 3.63) is 0 Å². The van der Waals surface area contributed by atoms with Crippen molar-refractivity contribution < 1.29 is 54.2 Å². The second-order valence-corrected chi connectivity index (χ2v) is 7.36. The SMILES string of the molecule is CCCCCCCCCCCCCCCC(=O)N[C@@H](CCC(=O)[O-])C(=O)O.[Na+]. The minimum atomic E-state index is -1.31. The first-order chi connectivity index (χ1) is 13.0. The minimum Gasteiger partial charge on any atom is -0.550 e. The van der Waals surface area contributed by atoms with Crippen LogP contribution in [0.4, 0.5) is 0 Å². The third-order valence-corrected chi connectivity index (χ3v) is 4.78. The molecule has 0 rings (SSSR count). The van der Waals surface area contributed by atoms with Gasteiger partial charge in [0.25, 0.3) is 0 Å². The fourth-order valence-corrected chi connectivity index (χ4v) is 3.09. The molecule has 0 heterocycles. The van der Waals surface area contributed by atoms with Gasteiger partial charge in [-0.1, -0.05) is 84.0 Å². The van der Waals surface area contributed by atoms with Crippen molar-refractivity contribution in [3.8, 4) is 0 Å². The van der Waals surface area contributed by atoms with Crippen molar-refractivity contribution >= 4 is 17.8 Å². The van der Waals surface area contributed by atoms with Crippen LogP contribution in [0.1, 0.15) is 110 Å². The third-order valence-electron chi connectivity index (χ3n) is 4.78. The van der Waals surface area contributed by atoms with Crippen LogP contribution >= 0.6 is 0 Å². The average molecular weight is 408 g/mol. The number of amides is 1. The summed E-state index contributed by atoms with van der Waals surface area (Å²) in [7, 11) is 0. The van der Waals surface area contributed by atoms with Crippen molar-refractivity contribution in [3.63, 3.8) is 0 Å². The summed E-state index contributed by atoms with van der Waals surface area (Å²) in [6.07, 6.45) is 15.6. The van der Waals surface area contributed by atoms with Crippen LogP contribution in [0.25, 0.3) is 0 Å². The molecule has 0 spiro atoms. The number of hydrogen-bond donors (Lipinski definition) is 2. The molecule has 0 fully saturated rings.